The molecule has 96 valence electrons. The number of imidazole rings is 1. The summed E-state index contributed by atoms with van der Waals surface area (Å²) in [4.78, 5) is 7.15. The molecule has 0 aliphatic heterocycles. The van der Waals surface area contributed by atoms with Crippen molar-refractivity contribution < 1.29 is 14.2 Å². The lowest BCUT2D eigenvalue weighted by molar-refractivity contribution is 0.408. The van der Waals surface area contributed by atoms with Crippen molar-refractivity contribution >= 4 is 11.0 Å². The summed E-state index contributed by atoms with van der Waals surface area (Å²) < 4.78 is 18.6. The molecule has 0 saturated heterocycles. The topological polar surface area (TPSA) is 58.1 Å². The number of H-pyrrole nitrogens is 1. The number of phenols is 1. The third-order valence-corrected chi connectivity index (χ3v) is 2.92. The Hall–Kier alpha value is -2.56. The maximum atomic E-state index is 13.6. The van der Waals surface area contributed by atoms with Gasteiger partial charge in [-0.25, -0.2) is 9.37 Å². The second kappa shape index (κ2) is 4.28. The largest absolute Gasteiger partial charge is 0.507 e. The standard InChI is InChI=1S/C14H11FN2O2/c1-19-8-5-6-9(12(18)7-8)14-16-11-4-2-3-10(15)13(11)17-14/h2-7,18H,1H3,(H,16,17). The molecule has 0 aliphatic rings. The van der Waals surface area contributed by atoms with Gasteiger partial charge >= 0.3 is 0 Å². The molecule has 3 aromatic rings. The lowest BCUT2D eigenvalue weighted by Crippen LogP contribution is -1.85. The highest BCUT2D eigenvalue weighted by molar-refractivity contribution is 5.81. The minimum Gasteiger partial charge on any atom is -0.507 e. The van der Waals surface area contributed by atoms with Gasteiger partial charge in [-0.15, -0.1) is 0 Å². The number of halogens is 1. The third kappa shape index (κ3) is 1.89. The molecule has 2 aromatic carbocycles. The van der Waals surface area contributed by atoms with Crippen LogP contribution in [0.15, 0.2) is 36.4 Å². The summed E-state index contributed by atoms with van der Waals surface area (Å²) in [7, 11) is 1.52. The summed E-state index contributed by atoms with van der Waals surface area (Å²) in [5.41, 5.74) is 1.34. The number of ether oxygens (including phenoxy) is 1. The van der Waals surface area contributed by atoms with Crippen molar-refractivity contribution in [1.29, 1.82) is 0 Å². The summed E-state index contributed by atoms with van der Waals surface area (Å²) >= 11 is 0. The van der Waals surface area contributed by atoms with Crippen molar-refractivity contribution in [3.05, 3.63) is 42.2 Å². The Morgan fingerprint density at radius 3 is 2.79 bits per heavy atom. The number of aromatic nitrogens is 2. The van der Waals surface area contributed by atoms with Gasteiger partial charge in [-0.3, -0.25) is 0 Å². The number of nitrogens with one attached hydrogen (secondary N) is 1. The number of nitrogens with zero attached hydrogens (tertiary/aromatic N) is 1. The Morgan fingerprint density at radius 2 is 2.11 bits per heavy atom. The van der Waals surface area contributed by atoms with E-state index in [4.69, 9.17) is 4.74 Å². The number of hydrogen-bond donors (Lipinski definition) is 2. The molecule has 0 fully saturated rings. The number of phenolic OH excluding ortho intramolecular Hbond substituents is 1. The second-order valence-corrected chi connectivity index (χ2v) is 4.10. The van der Waals surface area contributed by atoms with E-state index in [0.717, 1.165) is 0 Å². The van der Waals surface area contributed by atoms with Crippen molar-refractivity contribution in [2.24, 2.45) is 0 Å². The molecule has 1 aromatic heterocycles. The van der Waals surface area contributed by atoms with Gasteiger partial charge in [0.2, 0.25) is 0 Å². The van der Waals surface area contributed by atoms with Crippen molar-refractivity contribution in [3.63, 3.8) is 0 Å². The fourth-order valence-electron chi connectivity index (χ4n) is 1.96. The van der Waals surface area contributed by atoms with E-state index in [1.807, 2.05) is 0 Å². The summed E-state index contributed by atoms with van der Waals surface area (Å²) in [6.07, 6.45) is 0. The van der Waals surface area contributed by atoms with Gasteiger partial charge in [-0.05, 0) is 24.3 Å². The molecule has 0 bridgehead atoms. The van der Waals surface area contributed by atoms with Crippen LogP contribution in [0.1, 0.15) is 0 Å². The van der Waals surface area contributed by atoms with Crippen LogP contribution in [0.4, 0.5) is 4.39 Å². The summed E-state index contributed by atoms with van der Waals surface area (Å²) in [5, 5.41) is 9.94. The highest BCUT2D eigenvalue weighted by Crippen LogP contribution is 2.32. The van der Waals surface area contributed by atoms with E-state index in [2.05, 4.69) is 9.97 Å². The van der Waals surface area contributed by atoms with E-state index >= 15 is 0 Å². The van der Waals surface area contributed by atoms with Gasteiger partial charge in [-0.2, -0.15) is 0 Å². The zero-order chi connectivity index (χ0) is 13.4. The average molecular weight is 258 g/mol. The minimum absolute atomic E-state index is 0.0267. The smallest absolute Gasteiger partial charge is 0.151 e. The molecular formula is C14H11FN2O2. The molecule has 2 N–H and O–H groups in total. The minimum atomic E-state index is -0.395. The molecule has 0 atom stereocenters. The van der Waals surface area contributed by atoms with Crippen LogP contribution in [0.5, 0.6) is 11.5 Å². The molecular weight excluding hydrogens is 247 g/mol. The van der Waals surface area contributed by atoms with E-state index < -0.39 is 5.82 Å². The summed E-state index contributed by atoms with van der Waals surface area (Å²) in [6, 6.07) is 9.55. The zero-order valence-electron chi connectivity index (χ0n) is 10.1. The average Bonchev–Trinajstić information content (AvgIpc) is 2.83. The Kier molecular flexibility index (Phi) is 2.59. The van der Waals surface area contributed by atoms with Crippen LogP contribution >= 0.6 is 0 Å². The molecule has 19 heavy (non-hydrogen) atoms. The normalized spacial score (nSPS) is 10.8. The van der Waals surface area contributed by atoms with Gasteiger partial charge in [0.1, 0.15) is 22.8 Å². The summed E-state index contributed by atoms with van der Waals surface area (Å²) in [6.45, 7) is 0. The van der Waals surface area contributed by atoms with Crippen LogP contribution in [0.3, 0.4) is 0 Å². The molecule has 5 heteroatoms. The molecule has 3 rings (SSSR count). The molecule has 0 amide bonds. The molecule has 4 nitrogen and oxygen atoms in total. The Balaban J connectivity index is 2.16. The van der Waals surface area contributed by atoms with Gasteiger partial charge in [0, 0.05) is 6.07 Å². The van der Waals surface area contributed by atoms with E-state index in [-0.39, 0.29) is 11.3 Å². The van der Waals surface area contributed by atoms with Gasteiger partial charge in [0.25, 0.3) is 0 Å². The molecule has 0 spiro atoms. The number of aromatic amines is 1. The lowest BCUT2D eigenvalue weighted by atomic mass is 10.2. The number of hydrogen-bond acceptors (Lipinski definition) is 3. The number of para-hydroxylation sites is 1. The molecule has 0 aliphatic carbocycles. The first-order valence-corrected chi connectivity index (χ1v) is 5.70. The lowest BCUT2D eigenvalue weighted by Gasteiger charge is -2.04. The van der Waals surface area contributed by atoms with Gasteiger partial charge in [0.15, 0.2) is 5.82 Å². The highest BCUT2D eigenvalue weighted by Gasteiger charge is 2.12. The first-order valence-electron chi connectivity index (χ1n) is 5.70. The van der Waals surface area contributed by atoms with Crippen LogP contribution in [-0.4, -0.2) is 22.2 Å². The molecule has 1 heterocycles. The maximum absolute atomic E-state index is 13.6. The van der Waals surface area contributed by atoms with Crippen molar-refractivity contribution in [1.82, 2.24) is 9.97 Å². The maximum Gasteiger partial charge on any atom is 0.151 e. The first-order chi connectivity index (χ1) is 9.19. The van der Waals surface area contributed by atoms with E-state index in [9.17, 15) is 9.50 Å². The fraction of sp³-hybridized carbons (Fsp3) is 0.0714. The third-order valence-electron chi connectivity index (χ3n) is 2.92. The zero-order valence-corrected chi connectivity index (χ0v) is 10.1. The van der Waals surface area contributed by atoms with Crippen LogP contribution in [-0.2, 0) is 0 Å². The van der Waals surface area contributed by atoms with Crippen molar-refractivity contribution in [2.45, 2.75) is 0 Å². The number of benzene rings is 2. The quantitative estimate of drug-likeness (QED) is 0.742. The predicted molar refractivity (Wildman–Crippen MR) is 69.7 cm³/mol. The predicted octanol–water partition coefficient (Wildman–Crippen LogP) is 3.08. The Morgan fingerprint density at radius 1 is 1.26 bits per heavy atom. The van der Waals surface area contributed by atoms with Crippen LogP contribution in [0.2, 0.25) is 0 Å². The second-order valence-electron chi connectivity index (χ2n) is 4.10. The number of aromatic hydroxyl groups is 1. The van der Waals surface area contributed by atoms with Crippen LogP contribution in [0.25, 0.3) is 22.4 Å². The molecule has 0 saturated carbocycles. The number of fused-ring (bicyclic) bond motifs is 1. The van der Waals surface area contributed by atoms with E-state index in [0.29, 0.717) is 22.7 Å². The van der Waals surface area contributed by atoms with Crippen molar-refractivity contribution in [2.75, 3.05) is 7.11 Å². The number of methoxy groups -OCH3 is 1. The van der Waals surface area contributed by atoms with Gasteiger partial charge in [0.05, 0.1) is 18.2 Å². The fourth-order valence-corrected chi connectivity index (χ4v) is 1.96. The highest BCUT2D eigenvalue weighted by atomic mass is 19.1. The van der Waals surface area contributed by atoms with Gasteiger partial charge < -0.3 is 14.8 Å². The Bertz CT molecular complexity index is 752. The van der Waals surface area contributed by atoms with Crippen LogP contribution in [0, 0.1) is 5.82 Å². The van der Waals surface area contributed by atoms with Gasteiger partial charge in [-0.1, -0.05) is 6.07 Å². The summed E-state index contributed by atoms with van der Waals surface area (Å²) in [5.74, 6) is 0.593. The van der Waals surface area contributed by atoms with Crippen LogP contribution < -0.4 is 4.74 Å². The Labute approximate surface area is 108 Å². The SMILES string of the molecule is COc1ccc(-c2nc3c(F)cccc3[nH]2)c(O)c1. The molecule has 0 unspecified atom stereocenters. The number of rotatable bonds is 2. The van der Waals surface area contributed by atoms with E-state index in [1.54, 1.807) is 24.3 Å². The van der Waals surface area contributed by atoms with E-state index in [1.165, 1.54) is 19.2 Å². The monoisotopic (exact) mass is 258 g/mol. The first kappa shape index (κ1) is 11.5. The van der Waals surface area contributed by atoms with Crippen molar-refractivity contribution in [3.8, 4) is 22.9 Å². The molecule has 0 radical (unpaired) electrons.